The highest BCUT2D eigenvalue weighted by Gasteiger charge is 2.12. The smallest absolute Gasteiger partial charge is 0.305 e. The Bertz CT molecular complexity index is 390. The van der Waals surface area contributed by atoms with E-state index in [1.165, 1.54) is 13.4 Å². The summed E-state index contributed by atoms with van der Waals surface area (Å²) in [4.78, 5) is 19.0. The fraction of sp³-hybridized carbons (Fsp3) is 0.583. The van der Waals surface area contributed by atoms with E-state index >= 15 is 0 Å². The summed E-state index contributed by atoms with van der Waals surface area (Å²) < 4.78 is 14.9. The molecule has 1 aromatic rings. The summed E-state index contributed by atoms with van der Waals surface area (Å²) in [7, 11) is 4.47. The van der Waals surface area contributed by atoms with Gasteiger partial charge in [0.1, 0.15) is 6.33 Å². The fourth-order valence-corrected chi connectivity index (χ4v) is 1.56. The molecule has 1 N–H and O–H groups in total. The number of methoxy groups -OCH3 is 3. The third-order valence-electron chi connectivity index (χ3n) is 2.52. The maximum absolute atomic E-state index is 10.9. The third-order valence-corrected chi connectivity index (χ3v) is 2.52. The molecule has 0 saturated heterocycles. The number of carbonyl (C=O) groups is 1. The molecule has 0 unspecified atom stereocenters. The lowest BCUT2D eigenvalue weighted by Gasteiger charge is -2.11. The zero-order valence-corrected chi connectivity index (χ0v) is 11.4. The molecule has 0 saturated carbocycles. The second-order valence-electron chi connectivity index (χ2n) is 3.73. The van der Waals surface area contributed by atoms with Gasteiger partial charge in [0.15, 0.2) is 0 Å². The molecule has 1 heterocycles. The van der Waals surface area contributed by atoms with Gasteiger partial charge in [0.05, 0.1) is 26.9 Å². The van der Waals surface area contributed by atoms with Crippen LogP contribution in [0.15, 0.2) is 6.33 Å². The molecule has 0 spiro atoms. The Morgan fingerprint density at radius 2 is 1.84 bits per heavy atom. The van der Waals surface area contributed by atoms with Crippen LogP contribution < -0.4 is 14.8 Å². The van der Waals surface area contributed by atoms with E-state index in [0.29, 0.717) is 37.7 Å². The van der Waals surface area contributed by atoms with E-state index in [1.54, 1.807) is 14.2 Å². The minimum absolute atomic E-state index is 0.208. The first kappa shape index (κ1) is 15.2. The van der Waals surface area contributed by atoms with Crippen molar-refractivity contribution in [3.63, 3.8) is 0 Å². The number of aromatic nitrogens is 2. The zero-order chi connectivity index (χ0) is 14.1. The van der Waals surface area contributed by atoms with E-state index < -0.39 is 0 Å². The van der Waals surface area contributed by atoms with Crippen molar-refractivity contribution in [2.24, 2.45) is 0 Å². The van der Waals surface area contributed by atoms with Gasteiger partial charge in [-0.3, -0.25) is 4.79 Å². The second-order valence-corrected chi connectivity index (χ2v) is 3.73. The van der Waals surface area contributed by atoms with Crippen LogP contribution in [0.5, 0.6) is 11.8 Å². The van der Waals surface area contributed by atoms with E-state index in [1.807, 2.05) is 0 Å². The van der Waals surface area contributed by atoms with E-state index in [-0.39, 0.29) is 5.97 Å². The number of esters is 1. The Morgan fingerprint density at radius 3 is 2.37 bits per heavy atom. The highest BCUT2D eigenvalue weighted by atomic mass is 16.5. The molecular formula is C12H19N3O4. The van der Waals surface area contributed by atoms with Crippen LogP contribution in [0.1, 0.15) is 18.4 Å². The van der Waals surface area contributed by atoms with Crippen molar-refractivity contribution in [2.75, 3.05) is 27.9 Å². The van der Waals surface area contributed by atoms with Crippen LogP contribution in [0.4, 0.5) is 0 Å². The number of hydrogen-bond acceptors (Lipinski definition) is 7. The average molecular weight is 269 g/mol. The van der Waals surface area contributed by atoms with Gasteiger partial charge in [-0.2, -0.15) is 0 Å². The third kappa shape index (κ3) is 4.70. The van der Waals surface area contributed by atoms with E-state index in [2.05, 4.69) is 20.0 Å². The maximum atomic E-state index is 10.9. The van der Waals surface area contributed by atoms with Crippen LogP contribution in [-0.4, -0.2) is 43.8 Å². The number of nitrogens with one attached hydrogen (secondary N) is 1. The van der Waals surface area contributed by atoms with Crippen molar-refractivity contribution in [2.45, 2.75) is 19.4 Å². The van der Waals surface area contributed by atoms with Gasteiger partial charge in [-0.1, -0.05) is 0 Å². The molecular weight excluding hydrogens is 250 g/mol. The molecule has 0 bridgehead atoms. The lowest BCUT2D eigenvalue weighted by Crippen LogP contribution is -2.18. The Labute approximate surface area is 112 Å². The Balaban J connectivity index is 2.46. The maximum Gasteiger partial charge on any atom is 0.305 e. The monoisotopic (exact) mass is 269 g/mol. The van der Waals surface area contributed by atoms with Gasteiger partial charge < -0.3 is 19.5 Å². The standard InChI is InChI=1S/C12H19N3O4/c1-17-10(16)5-4-6-13-7-9-11(18-2)14-8-15-12(9)19-3/h8,13H,4-7H2,1-3H3. The summed E-state index contributed by atoms with van der Waals surface area (Å²) >= 11 is 0. The highest BCUT2D eigenvalue weighted by Crippen LogP contribution is 2.22. The minimum atomic E-state index is -0.208. The van der Waals surface area contributed by atoms with Crippen LogP contribution in [0.25, 0.3) is 0 Å². The Kier molecular flexibility index (Phi) is 6.59. The lowest BCUT2D eigenvalue weighted by molar-refractivity contribution is -0.140. The summed E-state index contributed by atoms with van der Waals surface area (Å²) in [6, 6.07) is 0. The predicted molar refractivity (Wildman–Crippen MR) is 68.1 cm³/mol. The first-order chi connectivity index (χ1) is 9.22. The van der Waals surface area contributed by atoms with Crippen LogP contribution in [0, 0.1) is 0 Å². The van der Waals surface area contributed by atoms with Gasteiger partial charge in [-0.15, -0.1) is 0 Å². The minimum Gasteiger partial charge on any atom is -0.481 e. The number of ether oxygens (including phenoxy) is 3. The van der Waals surface area contributed by atoms with E-state index in [4.69, 9.17) is 9.47 Å². The summed E-state index contributed by atoms with van der Waals surface area (Å²) in [5.41, 5.74) is 0.755. The molecule has 1 aromatic heterocycles. The number of carbonyl (C=O) groups excluding carboxylic acids is 1. The van der Waals surface area contributed by atoms with E-state index in [0.717, 1.165) is 5.56 Å². The van der Waals surface area contributed by atoms with Gasteiger partial charge in [0.25, 0.3) is 0 Å². The van der Waals surface area contributed by atoms with Crippen molar-refractivity contribution in [3.8, 4) is 11.8 Å². The van der Waals surface area contributed by atoms with Gasteiger partial charge in [0.2, 0.25) is 11.8 Å². The van der Waals surface area contributed by atoms with Crippen LogP contribution >= 0.6 is 0 Å². The molecule has 106 valence electrons. The molecule has 1 rings (SSSR count). The molecule has 0 amide bonds. The van der Waals surface area contributed by atoms with Crippen LogP contribution in [0.3, 0.4) is 0 Å². The summed E-state index contributed by atoms with van der Waals surface area (Å²) in [5.74, 6) is 0.750. The number of rotatable bonds is 8. The largest absolute Gasteiger partial charge is 0.481 e. The van der Waals surface area contributed by atoms with E-state index in [9.17, 15) is 4.79 Å². The molecule has 0 fully saturated rings. The van der Waals surface area contributed by atoms with Crippen molar-refractivity contribution in [3.05, 3.63) is 11.9 Å². The highest BCUT2D eigenvalue weighted by molar-refractivity contribution is 5.69. The van der Waals surface area contributed by atoms with Gasteiger partial charge in [-0.05, 0) is 13.0 Å². The first-order valence-electron chi connectivity index (χ1n) is 5.92. The Morgan fingerprint density at radius 1 is 1.21 bits per heavy atom. The summed E-state index contributed by atoms with van der Waals surface area (Å²) in [6.45, 7) is 1.19. The molecule has 0 aliphatic heterocycles. The first-order valence-corrected chi connectivity index (χ1v) is 5.92. The molecule has 0 atom stereocenters. The van der Waals surface area contributed by atoms with Crippen molar-refractivity contribution >= 4 is 5.97 Å². The quantitative estimate of drug-likeness (QED) is 0.544. The van der Waals surface area contributed by atoms with Crippen molar-refractivity contribution < 1.29 is 19.0 Å². The zero-order valence-electron chi connectivity index (χ0n) is 11.4. The number of hydrogen-bond donors (Lipinski definition) is 1. The molecule has 7 nitrogen and oxygen atoms in total. The molecule has 0 radical (unpaired) electrons. The molecule has 0 aliphatic rings. The van der Waals surface area contributed by atoms with Crippen LogP contribution in [-0.2, 0) is 16.1 Å². The molecule has 0 aliphatic carbocycles. The van der Waals surface area contributed by atoms with Crippen molar-refractivity contribution in [1.29, 1.82) is 0 Å². The fourth-order valence-electron chi connectivity index (χ4n) is 1.56. The van der Waals surface area contributed by atoms with Gasteiger partial charge in [-0.25, -0.2) is 9.97 Å². The normalized spacial score (nSPS) is 10.1. The predicted octanol–water partition coefficient (Wildman–Crippen LogP) is 0.537. The summed E-state index contributed by atoms with van der Waals surface area (Å²) in [6.07, 6.45) is 2.48. The van der Waals surface area contributed by atoms with Gasteiger partial charge in [0, 0.05) is 13.0 Å². The summed E-state index contributed by atoms with van der Waals surface area (Å²) in [5, 5.41) is 3.18. The van der Waals surface area contributed by atoms with Crippen molar-refractivity contribution in [1.82, 2.24) is 15.3 Å². The number of nitrogens with zero attached hydrogens (tertiary/aromatic N) is 2. The lowest BCUT2D eigenvalue weighted by atomic mass is 10.2. The topological polar surface area (TPSA) is 82.6 Å². The SMILES string of the molecule is COC(=O)CCCNCc1c(OC)ncnc1OC. The molecule has 7 heteroatoms. The van der Waals surface area contributed by atoms with Gasteiger partial charge >= 0.3 is 5.97 Å². The molecule has 19 heavy (non-hydrogen) atoms. The second kappa shape index (κ2) is 8.25. The van der Waals surface area contributed by atoms with Crippen LogP contribution in [0.2, 0.25) is 0 Å². The Hall–Kier alpha value is -1.89. The molecule has 0 aromatic carbocycles. The average Bonchev–Trinajstić information content (AvgIpc) is 2.46.